The third-order valence-electron chi connectivity index (χ3n) is 4.62. The lowest BCUT2D eigenvalue weighted by atomic mass is 9.91. The third-order valence-corrected chi connectivity index (χ3v) is 4.62. The van der Waals surface area contributed by atoms with Crippen molar-refractivity contribution in [3.05, 3.63) is 0 Å². The van der Waals surface area contributed by atoms with Gasteiger partial charge in [-0.1, -0.05) is 0 Å². The second kappa shape index (κ2) is 6.42. The summed E-state index contributed by atoms with van der Waals surface area (Å²) < 4.78 is 0. The lowest BCUT2D eigenvalue weighted by Gasteiger charge is -2.55. The van der Waals surface area contributed by atoms with Crippen LogP contribution in [-0.4, -0.2) is 88.7 Å². The average molecular weight is 312 g/mol. The van der Waals surface area contributed by atoms with E-state index >= 15 is 0 Å². The summed E-state index contributed by atoms with van der Waals surface area (Å²) in [6.45, 7) is 10.5. The van der Waals surface area contributed by atoms with Crippen LogP contribution in [0.2, 0.25) is 0 Å². The number of aliphatic hydroxyl groups is 1. The number of nitrogens with zero attached hydrogens (tertiary/aromatic N) is 3. The standard InChI is InChI=1S/C15H28N4O3/c1-11(2)16-14(22)17-5-6-19-13(7-17)8-18(12(3)21)9-15(19,4)10-20/h11,13,20H,5-10H2,1-4H3,(H,16,22). The first-order valence-corrected chi connectivity index (χ1v) is 7.95. The molecular formula is C15H28N4O3. The van der Waals surface area contributed by atoms with Crippen LogP contribution < -0.4 is 5.32 Å². The molecule has 2 saturated heterocycles. The predicted octanol–water partition coefficient (Wildman–Crippen LogP) is -0.296. The van der Waals surface area contributed by atoms with Gasteiger partial charge in [-0.2, -0.15) is 0 Å². The fourth-order valence-corrected chi connectivity index (χ4v) is 3.45. The van der Waals surface area contributed by atoms with Gasteiger partial charge in [-0.25, -0.2) is 4.79 Å². The maximum absolute atomic E-state index is 12.2. The lowest BCUT2D eigenvalue weighted by Crippen LogP contribution is -2.73. The molecule has 2 unspecified atom stereocenters. The molecule has 3 amide bonds. The summed E-state index contributed by atoms with van der Waals surface area (Å²) >= 11 is 0. The molecule has 2 fully saturated rings. The van der Waals surface area contributed by atoms with E-state index in [1.165, 1.54) is 0 Å². The van der Waals surface area contributed by atoms with Crippen LogP contribution in [0.1, 0.15) is 27.7 Å². The number of piperazine rings is 2. The van der Waals surface area contributed by atoms with E-state index in [9.17, 15) is 14.7 Å². The molecule has 7 nitrogen and oxygen atoms in total. The Bertz CT molecular complexity index is 443. The molecule has 0 saturated carbocycles. The van der Waals surface area contributed by atoms with Crippen LogP contribution in [-0.2, 0) is 4.79 Å². The van der Waals surface area contributed by atoms with Crippen LogP contribution in [0.15, 0.2) is 0 Å². The van der Waals surface area contributed by atoms with Crippen molar-refractivity contribution < 1.29 is 14.7 Å². The lowest BCUT2D eigenvalue weighted by molar-refractivity contribution is -0.142. The smallest absolute Gasteiger partial charge is 0.317 e. The molecule has 2 N–H and O–H groups in total. The Labute approximate surface area is 132 Å². The number of rotatable bonds is 2. The molecule has 0 aromatic carbocycles. The fourth-order valence-electron chi connectivity index (χ4n) is 3.45. The first-order chi connectivity index (χ1) is 10.3. The highest BCUT2D eigenvalue weighted by Crippen LogP contribution is 2.28. The van der Waals surface area contributed by atoms with Gasteiger partial charge in [-0.3, -0.25) is 9.69 Å². The second-order valence-electron chi connectivity index (χ2n) is 6.95. The van der Waals surface area contributed by atoms with Crippen molar-refractivity contribution in [1.29, 1.82) is 0 Å². The number of carbonyl (C=O) groups excluding carboxylic acids is 2. The van der Waals surface area contributed by atoms with E-state index in [1.807, 2.05) is 25.7 Å². The Balaban J connectivity index is 2.11. The maximum Gasteiger partial charge on any atom is 0.317 e. The molecule has 2 aliphatic heterocycles. The number of amides is 3. The molecular weight excluding hydrogens is 284 g/mol. The monoisotopic (exact) mass is 312 g/mol. The highest BCUT2D eigenvalue weighted by Gasteiger charge is 2.46. The van der Waals surface area contributed by atoms with Crippen molar-refractivity contribution in [2.45, 2.75) is 45.3 Å². The minimum Gasteiger partial charge on any atom is -0.394 e. The van der Waals surface area contributed by atoms with Crippen molar-refractivity contribution in [1.82, 2.24) is 20.0 Å². The third kappa shape index (κ3) is 3.35. The number of aliphatic hydroxyl groups excluding tert-OH is 1. The van der Waals surface area contributed by atoms with Crippen LogP contribution in [0.5, 0.6) is 0 Å². The Kier molecular flexibility index (Phi) is 4.97. The van der Waals surface area contributed by atoms with Crippen molar-refractivity contribution in [2.24, 2.45) is 0 Å². The Morgan fingerprint density at radius 1 is 1.27 bits per heavy atom. The van der Waals surface area contributed by atoms with Gasteiger partial charge in [0.2, 0.25) is 5.91 Å². The zero-order chi connectivity index (χ0) is 16.5. The van der Waals surface area contributed by atoms with Gasteiger partial charge in [0.1, 0.15) is 0 Å². The molecule has 0 radical (unpaired) electrons. The molecule has 2 rings (SSSR count). The molecule has 126 valence electrons. The van der Waals surface area contributed by atoms with Gasteiger partial charge in [0.25, 0.3) is 0 Å². The molecule has 2 aliphatic rings. The molecule has 2 heterocycles. The highest BCUT2D eigenvalue weighted by molar-refractivity contribution is 5.75. The molecule has 7 heteroatoms. The Hall–Kier alpha value is -1.34. The summed E-state index contributed by atoms with van der Waals surface area (Å²) in [7, 11) is 0. The van der Waals surface area contributed by atoms with Crippen LogP contribution in [0.4, 0.5) is 4.79 Å². The number of hydrogen-bond donors (Lipinski definition) is 2. The SMILES string of the molecule is CC(=O)N1CC2CN(C(=O)NC(C)C)CCN2C(C)(CO)C1. The summed E-state index contributed by atoms with van der Waals surface area (Å²) in [6.07, 6.45) is 0. The van der Waals surface area contributed by atoms with Crippen molar-refractivity contribution >= 4 is 11.9 Å². The second-order valence-corrected chi connectivity index (χ2v) is 6.95. The van der Waals surface area contributed by atoms with Gasteiger partial charge in [0.15, 0.2) is 0 Å². The zero-order valence-corrected chi connectivity index (χ0v) is 14.0. The maximum atomic E-state index is 12.2. The predicted molar refractivity (Wildman–Crippen MR) is 83.5 cm³/mol. The highest BCUT2D eigenvalue weighted by atomic mass is 16.3. The van der Waals surface area contributed by atoms with Gasteiger partial charge >= 0.3 is 6.03 Å². The van der Waals surface area contributed by atoms with E-state index in [0.717, 1.165) is 6.54 Å². The Morgan fingerprint density at radius 3 is 2.45 bits per heavy atom. The summed E-state index contributed by atoms with van der Waals surface area (Å²) in [5.74, 6) is 0.0167. The molecule has 0 bridgehead atoms. The minimum atomic E-state index is -0.435. The molecule has 0 spiro atoms. The number of fused-ring (bicyclic) bond motifs is 1. The van der Waals surface area contributed by atoms with E-state index in [0.29, 0.717) is 26.2 Å². The first kappa shape index (κ1) is 17.0. The van der Waals surface area contributed by atoms with Crippen LogP contribution >= 0.6 is 0 Å². The van der Waals surface area contributed by atoms with Gasteiger partial charge < -0.3 is 20.2 Å². The van der Waals surface area contributed by atoms with E-state index in [4.69, 9.17) is 0 Å². The number of carbonyl (C=O) groups is 2. The van der Waals surface area contributed by atoms with Crippen molar-refractivity contribution in [3.8, 4) is 0 Å². The first-order valence-electron chi connectivity index (χ1n) is 7.95. The van der Waals surface area contributed by atoms with Crippen molar-refractivity contribution in [2.75, 3.05) is 39.3 Å². The van der Waals surface area contributed by atoms with Crippen LogP contribution in [0.25, 0.3) is 0 Å². The number of nitrogens with one attached hydrogen (secondary N) is 1. The van der Waals surface area contributed by atoms with Gasteiger partial charge in [-0.15, -0.1) is 0 Å². The van der Waals surface area contributed by atoms with Crippen LogP contribution in [0, 0.1) is 0 Å². The normalized spacial score (nSPS) is 29.5. The average Bonchev–Trinajstić information content (AvgIpc) is 2.45. The molecule has 0 aromatic heterocycles. The van der Waals surface area contributed by atoms with Gasteiger partial charge in [0.05, 0.1) is 12.1 Å². The quantitative estimate of drug-likeness (QED) is 0.734. The summed E-state index contributed by atoms with van der Waals surface area (Å²) in [5.41, 5.74) is -0.435. The molecule has 0 aromatic rings. The van der Waals surface area contributed by atoms with E-state index < -0.39 is 5.54 Å². The summed E-state index contributed by atoms with van der Waals surface area (Å²) in [4.78, 5) is 29.8. The van der Waals surface area contributed by atoms with E-state index in [2.05, 4.69) is 10.2 Å². The van der Waals surface area contributed by atoms with E-state index in [1.54, 1.807) is 11.8 Å². The number of urea groups is 1. The van der Waals surface area contributed by atoms with Crippen molar-refractivity contribution in [3.63, 3.8) is 0 Å². The molecule has 0 aliphatic carbocycles. The van der Waals surface area contributed by atoms with Crippen LogP contribution in [0.3, 0.4) is 0 Å². The Morgan fingerprint density at radius 2 is 1.91 bits per heavy atom. The molecule has 22 heavy (non-hydrogen) atoms. The zero-order valence-electron chi connectivity index (χ0n) is 14.0. The van der Waals surface area contributed by atoms with E-state index in [-0.39, 0.29) is 30.6 Å². The largest absolute Gasteiger partial charge is 0.394 e. The number of hydrogen-bond acceptors (Lipinski definition) is 4. The topological polar surface area (TPSA) is 76.1 Å². The fraction of sp³-hybridized carbons (Fsp3) is 0.867. The summed E-state index contributed by atoms with van der Waals surface area (Å²) in [5, 5.41) is 12.7. The van der Waals surface area contributed by atoms with Gasteiger partial charge in [-0.05, 0) is 20.8 Å². The minimum absolute atomic E-state index is 0.00543. The van der Waals surface area contributed by atoms with Gasteiger partial charge in [0, 0.05) is 51.7 Å². The summed E-state index contributed by atoms with van der Waals surface area (Å²) in [6, 6.07) is 0.120. The molecule has 2 atom stereocenters.